The average Bonchev–Trinajstić information content (AvgIpc) is 3.25. The number of aryl methyl sites for hydroxylation is 2. The maximum absolute atomic E-state index is 12.6. The van der Waals surface area contributed by atoms with Crippen molar-refractivity contribution in [3.8, 4) is 5.13 Å². The van der Waals surface area contributed by atoms with Crippen LogP contribution in [0.15, 0.2) is 24.5 Å². The van der Waals surface area contributed by atoms with Crippen LogP contribution in [0.2, 0.25) is 0 Å². The summed E-state index contributed by atoms with van der Waals surface area (Å²) in [6, 6.07) is 3.88. The molecule has 3 aromatic rings. The molecule has 0 atom stereocenters. The van der Waals surface area contributed by atoms with Gasteiger partial charge >= 0.3 is 0 Å². The minimum Gasteiger partial charge on any atom is -0.300 e. The Bertz CT molecular complexity index is 791. The van der Waals surface area contributed by atoms with Gasteiger partial charge in [-0.1, -0.05) is 36.0 Å². The van der Waals surface area contributed by atoms with Gasteiger partial charge in [-0.05, 0) is 31.9 Å². The molecule has 1 amide bonds. The van der Waals surface area contributed by atoms with E-state index in [1.807, 2.05) is 36.0 Å². The summed E-state index contributed by atoms with van der Waals surface area (Å²) in [7, 11) is 0. The van der Waals surface area contributed by atoms with Crippen LogP contribution in [-0.4, -0.2) is 25.7 Å². The molecule has 0 bridgehead atoms. The van der Waals surface area contributed by atoms with E-state index in [1.54, 1.807) is 0 Å². The second-order valence-electron chi connectivity index (χ2n) is 5.05. The third-order valence-corrected chi connectivity index (χ3v) is 5.10. The van der Waals surface area contributed by atoms with Gasteiger partial charge in [-0.3, -0.25) is 10.1 Å². The van der Waals surface area contributed by atoms with Crippen LogP contribution in [0.25, 0.3) is 5.13 Å². The number of anilines is 1. The van der Waals surface area contributed by atoms with Crippen molar-refractivity contribution >= 4 is 33.7 Å². The summed E-state index contributed by atoms with van der Waals surface area (Å²) < 4.78 is 1.92. The summed E-state index contributed by atoms with van der Waals surface area (Å²) >= 11 is 2.76. The number of hydrogen-bond donors (Lipinski definition) is 1. The lowest BCUT2D eigenvalue weighted by atomic mass is 10.2. The average molecular weight is 347 g/mol. The molecule has 8 heteroatoms. The third kappa shape index (κ3) is 3.65. The molecule has 0 saturated heterocycles. The van der Waals surface area contributed by atoms with E-state index in [4.69, 9.17) is 0 Å². The van der Waals surface area contributed by atoms with Gasteiger partial charge in [0.25, 0.3) is 5.91 Å². The van der Waals surface area contributed by atoms with Crippen molar-refractivity contribution < 1.29 is 4.79 Å². The lowest BCUT2D eigenvalue weighted by molar-refractivity contribution is 0.102. The maximum atomic E-state index is 12.6. The SMILES string of the molecule is CCCCc1nc(-n2cccc2)sc1C(=O)Nc1nnc(C)s1. The molecule has 3 aromatic heterocycles. The van der Waals surface area contributed by atoms with Crippen molar-refractivity contribution in [1.29, 1.82) is 0 Å². The van der Waals surface area contributed by atoms with Crippen LogP contribution in [0.5, 0.6) is 0 Å². The number of hydrogen-bond acceptors (Lipinski definition) is 6. The van der Waals surface area contributed by atoms with E-state index in [0.29, 0.717) is 10.0 Å². The van der Waals surface area contributed by atoms with E-state index in [9.17, 15) is 4.79 Å². The molecule has 23 heavy (non-hydrogen) atoms. The van der Waals surface area contributed by atoms with Gasteiger partial charge in [0.2, 0.25) is 5.13 Å². The highest BCUT2D eigenvalue weighted by Crippen LogP contribution is 2.25. The van der Waals surface area contributed by atoms with Gasteiger partial charge < -0.3 is 4.57 Å². The zero-order valence-corrected chi connectivity index (χ0v) is 14.6. The number of carbonyl (C=O) groups is 1. The fraction of sp³-hybridized carbons (Fsp3) is 0.333. The molecular formula is C15H17N5OS2. The van der Waals surface area contributed by atoms with Gasteiger partial charge in [-0.15, -0.1) is 10.2 Å². The molecule has 1 N–H and O–H groups in total. The Morgan fingerprint density at radius 2 is 2.04 bits per heavy atom. The van der Waals surface area contributed by atoms with Gasteiger partial charge in [0.15, 0.2) is 5.13 Å². The summed E-state index contributed by atoms with van der Waals surface area (Å²) in [4.78, 5) is 17.9. The molecule has 120 valence electrons. The van der Waals surface area contributed by atoms with Crippen LogP contribution >= 0.6 is 22.7 Å². The Hall–Kier alpha value is -2.06. The topological polar surface area (TPSA) is 72.7 Å². The molecule has 0 fully saturated rings. The number of amides is 1. The maximum Gasteiger partial charge on any atom is 0.269 e. The first-order valence-corrected chi connectivity index (χ1v) is 9.05. The molecule has 0 aliphatic rings. The highest BCUT2D eigenvalue weighted by molar-refractivity contribution is 7.17. The van der Waals surface area contributed by atoms with E-state index in [1.165, 1.54) is 22.7 Å². The number of rotatable bonds is 6. The molecule has 6 nitrogen and oxygen atoms in total. The number of nitrogens with one attached hydrogen (secondary N) is 1. The van der Waals surface area contributed by atoms with E-state index < -0.39 is 0 Å². The zero-order chi connectivity index (χ0) is 16.2. The van der Waals surface area contributed by atoms with Crippen molar-refractivity contribution in [2.24, 2.45) is 0 Å². The fourth-order valence-electron chi connectivity index (χ4n) is 2.10. The molecular weight excluding hydrogens is 330 g/mol. The van der Waals surface area contributed by atoms with Crippen LogP contribution in [-0.2, 0) is 6.42 Å². The van der Waals surface area contributed by atoms with E-state index in [0.717, 1.165) is 35.1 Å². The van der Waals surface area contributed by atoms with Gasteiger partial charge in [-0.2, -0.15) is 0 Å². The van der Waals surface area contributed by atoms with Crippen LogP contribution in [0.4, 0.5) is 5.13 Å². The summed E-state index contributed by atoms with van der Waals surface area (Å²) in [6.45, 7) is 3.99. The van der Waals surface area contributed by atoms with Crippen LogP contribution in [0, 0.1) is 6.92 Å². The smallest absolute Gasteiger partial charge is 0.269 e. The molecule has 0 radical (unpaired) electrons. The second-order valence-corrected chi connectivity index (χ2v) is 7.21. The van der Waals surface area contributed by atoms with Crippen molar-refractivity contribution in [3.05, 3.63) is 40.1 Å². The lowest BCUT2D eigenvalue weighted by Gasteiger charge is -2.01. The summed E-state index contributed by atoms with van der Waals surface area (Å²) in [5.41, 5.74) is 0.847. The highest BCUT2D eigenvalue weighted by Gasteiger charge is 2.19. The zero-order valence-electron chi connectivity index (χ0n) is 12.9. The molecule has 0 aliphatic carbocycles. The van der Waals surface area contributed by atoms with Gasteiger partial charge in [-0.25, -0.2) is 4.98 Å². The molecule has 0 aromatic carbocycles. The number of aromatic nitrogens is 4. The van der Waals surface area contributed by atoms with Crippen LogP contribution in [0.1, 0.15) is 40.1 Å². The second kappa shape index (κ2) is 7.01. The first kappa shape index (κ1) is 15.8. The minimum atomic E-state index is -0.164. The van der Waals surface area contributed by atoms with E-state index in [-0.39, 0.29) is 5.91 Å². The Morgan fingerprint density at radius 1 is 1.26 bits per heavy atom. The van der Waals surface area contributed by atoms with Crippen molar-refractivity contribution in [2.75, 3.05) is 5.32 Å². The molecule has 0 saturated carbocycles. The van der Waals surface area contributed by atoms with E-state index in [2.05, 4.69) is 27.4 Å². The summed E-state index contributed by atoms with van der Waals surface area (Å²) in [5, 5.41) is 12.8. The summed E-state index contributed by atoms with van der Waals surface area (Å²) in [5.74, 6) is -0.164. The summed E-state index contributed by atoms with van der Waals surface area (Å²) in [6.07, 6.45) is 6.72. The minimum absolute atomic E-state index is 0.164. The Labute approximate surface area is 142 Å². The fourth-order valence-corrected chi connectivity index (χ4v) is 3.67. The normalized spacial score (nSPS) is 10.9. The first-order chi connectivity index (χ1) is 11.2. The Morgan fingerprint density at radius 3 is 2.70 bits per heavy atom. The van der Waals surface area contributed by atoms with Crippen molar-refractivity contribution in [1.82, 2.24) is 19.7 Å². The van der Waals surface area contributed by atoms with Crippen LogP contribution in [0.3, 0.4) is 0 Å². The molecule has 0 aliphatic heterocycles. The Kier molecular flexibility index (Phi) is 4.82. The van der Waals surface area contributed by atoms with Crippen molar-refractivity contribution in [3.63, 3.8) is 0 Å². The molecule has 3 rings (SSSR count). The number of carbonyl (C=O) groups excluding carboxylic acids is 1. The molecule has 3 heterocycles. The lowest BCUT2D eigenvalue weighted by Crippen LogP contribution is -2.12. The Balaban J connectivity index is 1.87. The van der Waals surface area contributed by atoms with Crippen LogP contribution < -0.4 is 5.32 Å². The van der Waals surface area contributed by atoms with Gasteiger partial charge in [0.05, 0.1) is 5.69 Å². The quantitative estimate of drug-likeness (QED) is 0.738. The van der Waals surface area contributed by atoms with E-state index >= 15 is 0 Å². The number of nitrogens with zero attached hydrogens (tertiary/aromatic N) is 4. The molecule has 0 spiro atoms. The predicted molar refractivity (Wildman–Crippen MR) is 92.7 cm³/mol. The van der Waals surface area contributed by atoms with Gasteiger partial charge in [0.1, 0.15) is 9.88 Å². The number of unbranched alkanes of at least 4 members (excludes halogenated alkanes) is 1. The number of thiazole rings is 1. The van der Waals surface area contributed by atoms with Gasteiger partial charge in [0, 0.05) is 12.4 Å². The first-order valence-electron chi connectivity index (χ1n) is 7.42. The monoisotopic (exact) mass is 347 g/mol. The van der Waals surface area contributed by atoms with Crippen molar-refractivity contribution in [2.45, 2.75) is 33.1 Å². The predicted octanol–water partition coefficient (Wildman–Crippen LogP) is 3.69. The highest BCUT2D eigenvalue weighted by atomic mass is 32.1. The standard InChI is InChI=1S/C15H17N5OS2/c1-3-4-7-11-12(13(21)17-14-19-18-10(2)22-14)23-15(16-11)20-8-5-6-9-20/h5-6,8-9H,3-4,7H2,1-2H3,(H,17,19,21). The molecule has 0 unspecified atom stereocenters. The largest absolute Gasteiger partial charge is 0.300 e. The third-order valence-electron chi connectivity index (χ3n) is 3.23.